The van der Waals surface area contributed by atoms with Crippen LogP contribution in [0, 0.1) is 12.8 Å². The minimum Gasteiger partial charge on any atom is -0.493 e. The van der Waals surface area contributed by atoms with E-state index in [4.69, 9.17) is 14.6 Å². The van der Waals surface area contributed by atoms with Gasteiger partial charge in [0.1, 0.15) is 0 Å². The van der Waals surface area contributed by atoms with Gasteiger partial charge >= 0.3 is 0 Å². The molecular formula is C27H27N3O3S. The number of carbonyl (C=O) groups is 1. The lowest BCUT2D eigenvalue weighted by Crippen LogP contribution is -2.32. The van der Waals surface area contributed by atoms with Crippen LogP contribution in [0.4, 0.5) is 0 Å². The lowest BCUT2D eigenvalue weighted by molar-refractivity contribution is 0.0738. The van der Waals surface area contributed by atoms with Crippen molar-refractivity contribution in [2.24, 2.45) is 5.92 Å². The Kier molecular flexibility index (Phi) is 6.36. The predicted octanol–water partition coefficient (Wildman–Crippen LogP) is 6.10. The van der Waals surface area contributed by atoms with Gasteiger partial charge in [0.25, 0.3) is 5.91 Å². The number of hydrogen-bond donors (Lipinski definition) is 0. The zero-order valence-corrected chi connectivity index (χ0v) is 20.1. The fourth-order valence-electron chi connectivity index (χ4n) is 3.96. The average Bonchev–Trinajstić information content (AvgIpc) is 3.41. The van der Waals surface area contributed by atoms with Crippen molar-refractivity contribution in [1.82, 2.24) is 14.7 Å². The topological polar surface area (TPSA) is 56.6 Å². The predicted molar refractivity (Wildman–Crippen MR) is 133 cm³/mol. The van der Waals surface area contributed by atoms with Crippen LogP contribution >= 0.6 is 11.3 Å². The second-order valence-corrected chi connectivity index (χ2v) is 9.42. The van der Waals surface area contributed by atoms with E-state index in [-0.39, 0.29) is 5.91 Å². The van der Waals surface area contributed by atoms with Crippen LogP contribution in [-0.2, 0) is 6.54 Å². The Bertz CT molecular complexity index is 1260. The van der Waals surface area contributed by atoms with Crippen LogP contribution < -0.4 is 9.47 Å². The highest BCUT2D eigenvalue weighted by Gasteiger charge is 2.30. The molecule has 1 saturated carbocycles. The Morgan fingerprint density at radius 1 is 1.06 bits per heavy atom. The van der Waals surface area contributed by atoms with E-state index < -0.39 is 0 Å². The summed E-state index contributed by atoms with van der Waals surface area (Å²) in [5, 5.41) is 6.76. The van der Waals surface area contributed by atoms with Crippen molar-refractivity contribution >= 4 is 17.2 Å². The molecule has 1 amide bonds. The molecule has 2 aromatic carbocycles. The number of nitrogens with zero attached hydrogens (tertiary/aromatic N) is 3. The van der Waals surface area contributed by atoms with E-state index in [0.717, 1.165) is 28.4 Å². The molecule has 34 heavy (non-hydrogen) atoms. The van der Waals surface area contributed by atoms with E-state index in [1.54, 1.807) is 7.11 Å². The maximum Gasteiger partial charge on any atom is 0.264 e. The molecule has 174 valence electrons. The Morgan fingerprint density at radius 3 is 2.47 bits per heavy atom. The van der Waals surface area contributed by atoms with Gasteiger partial charge in [-0.05, 0) is 61.4 Å². The molecule has 4 aromatic rings. The molecular weight excluding hydrogens is 446 g/mol. The molecule has 6 nitrogen and oxygen atoms in total. The van der Waals surface area contributed by atoms with Crippen LogP contribution in [-0.4, -0.2) is 34.2 Å². The number of rotatable bonds is 9. The summed E-state index contributed by atoms with van der Waals surface area (Å²) in [5.41, 5.74) is 2.61. The first-order chi connectivity index (χ1) is 16.6. The lowest BCUT2D eigenvalue weighted by Gasteiger charge is -2.23. The van der Waals surface area contributed by atoms with Gasteiger partial charge in [0, 0.05) is 6.54 Å². The van der Waals surface area contributed by atoms with Crippen LogP contribution in [0.15, 0.2) is 72.1 Å². The maximum absolute atomic E-state index is 13.4. The van der Waals surface area contributed by atoms with Crippen LogP contribution in [0.25, 0.3) is 5.69 Å². The number of benzene rings is 2. The van der Waals surface area contributed by atoms with Crippen molar-refractivity contribution < 1.29 is 14.3 Å². The van der Waals surface area contributed by atoms with Gasteiger partial charge in [-0.3, -0.25) is 4.79 Å². The van der Waals surface area contributed by atoms with Gasteiger partial charge in [-0.25, -0.2) is 4.68 Å². The molecule has 0 atom stereocenters. The smallest absolute Gasteiger partial charge is 0.264 e. The van der Waals surface area contributed by atoms with Crippen LogP contribution in [0.3, 0.4) is 0 Å². The summed E-state index contributed by atoms with van der Waals surface area (Å²) in [7, 11) is 1.62. The van der Waals surface area contributed by atoms with Gasteiger partial charge in [-0.1, -0.05) is 36.4 Å². The summed E-state index contributed by atoms with van der Waals surface area (Å²) in [6.45, 7) is 3.13. The van der Waals surface area contributed by atoms with Crippen LogP contribution in [0.1, 0.15) is 33.8 Å². The van der Waals surface area contributed by atoms with Crippen molar-refractivity contribution in [3.8, 4) is 23.1 Å². The summed E-state index contributed by atoms with van der Waals surface area (Å²) >= 11 is 1.48. The molecule has 0 saturated heterocycles. The lowest BCUT2D eigenvalue weighted by atomic mass is 10.2. The van der Waals surface area contributed by atoms with Crippen molar-refractivity contribution in [3.05, 3.63) is 88.2 Å². The minimum absolute atomic E-state index is 0.0528. The van der Waals surface area contributed by atoms with E-state index >= 15 is 0 Å². The molecule has 0 spiro atoms. The molecule has 0 unspecified atom stereocenters. The zero-order chi connectivity index (χ0) is 23.5. The van der Waals surface area contributed by atoms with E-state index in [0.29, 0.717) is 29.8 Å². The molecule has 5 rings (SSSR count). The third kappa shape index (κ3) is 4.70. The highest BCUT2D eigenvalue weighted by atomic mass is 32.1. The number of thiophene rings is 1. The maximum atomic E-state index is 13.4. The van der Waals surface area contributed by atoms with E-state index in [1.807, 2.05) is 88.6 Å². The van der Waals surface area contributed by atoms with E-state index in [2.05, 4.69) is 0 Å². The summed E-state index contributed by atoms with van der Waals surface area (Å²) in [6.07, 6.45) is 2.34. The number of hydrogen-bond acceptors (Lipinski definition) is 5. The monoisotopic (exact) mass is 473 g/mol. The number of aryl methyl sites for hydroxylation is 1. The van der Waals surface area contributed by atoms with Gasteiger partial charge in [0.15, 0.2) is 11.5 Å². The molecule has 1 aliphatic carbocycles. The van der Waals surface area contributed by atoms with Crippen molar-refractivity contribution in [2.75, 3.05) is 13.7 Å². The largest absolute Gasteiger partial charge is 0.493 e. The van der Waals surface area contributed by atoms with Crippen LogP contribution in [0.2, 0.25) is 0 Å². The first-order valence-electron chi connectivity index (χ1n) is 11.4. The number of para-hydroxylation sites is 3. The Morgan fingerprint density at radius 2 is 1.79 bits per heavy atom. The van der Waals surface area contributed by atoms with Gasteiger partial charge in [-0.15, -0.1) is 11.3 Å². The molecule has 1 aliphatic rings. The minimum atomic E-state index is 0.0528. The second kappa shape index (κ2) is 9.73. The van der Waals surface area contributed by atoms with Gasteiger partial charge < -0.3 is 14.4 Å². The standard InChI is InChI=1S/C27H27N3O3S/c1-19-22(18-29(17-20-14-15-20)26(31)25-13-8-16-34-25)27(30(28-19)21-9-4-3-5-10-21)33-24-12-7-6-11-23(24)32-2/h3-13,16,20H,14-15,17-18H2,1-2H3. The van der Waals surface area contributed by atoms with Crippen LogP contribution in [0.5, 0.6) is 17.4 Å². The number of methoxy groups -OCH3 is 1. The fourth-order valence-corrected chi connectivity index (χ4v) is 4.65. The molecule has 0 bridgehead atoms. The van der Waals surface area contributed by atoms with Crippen molar-refractivity contribution in [3.63, 3.8) is 0 Å². The Hall–Kier alpha value is -3.58. The SMILES string of the molecule is COc1ccccc1Oc1c(CN(CC2CC2)C(=O)c2cccs2)c(C)nn1-c1ccccc1. The first-order valence-corrected chi connectivity index (χ1v) is 12.3. The van der Waals surface area contributed by atoms with Crippen molar-refractivity contribution in [2.45, 2.75) is 26.3 Å². The normalized spacial score (nSPS) is 13.0. The summed E-state index contributed by atoms with van der Waals surface area (Å²) in [5.74, 6) is 2.44. The van der Waals surface area contributed by atoms with Gasteiger partial charge in [0.2, 0.25) is 5.88 Å². The number of ether oxygens (including phenoxy) is 2. The number of carbonyl (C=O) groups excluding carboxylic acids is 1. The second-order valence-electron chi connectivity index (χ2n) is 8.48. The van der Waals surface area contributed by atoms with E-state index in [1.165, 1.54) is 24.2 Å². The Balaban J connectivity index is 1.56. The molecule has 0 aliphatic heterocycles. The van der Waals surface area contributed by atoms with E-state index in [9.17, 15) is 4.79 Å². The first kappa shape index (κ1) is 22.2. The molecule has 0 radical (unpaired) electrons. The van der Waals surface area contributed by atoms with Gasteiger partial charge in [-0.2, -0.15) is 5.10 Å². The summed E-state index contributed by atoms with van der Waals surface area (Å²) in [4.78, 5) is 16.1. The average molecular weight is 474 g/mol. The number of amides is 1. The van der Waals surface area contributed by atoms with Gasteiger partial charge in [0.05, 0.1) is 35.5 Å². The molecule has 0 N–H and O–H groups in total. The summed E-state index contributed by atoms with van der Waals surface area (Å²) < 4.78 is 13.8. The molecule has 2 aromatic heterocycles. The highest BCUT2D eigenvalue weighted by Crippen LogP contribution is 2.37. The van der Waals surface area contributed by atoms with Crippen molar-refractivity contribution in [1.29, 1.82) is 0 Å². The quantitative estimate of drug-likeness (QED) is 0.295. The molecule has 1 fully saturated rings. The molecule has 7 heteroatoms. The third-order valence-corrected chi connectivity index (χ3v) is 6.82. The fraction of sp³-hybridized carbons (Fsp3) is 0.259. The molecule has 2 heterocycles. The number of aromatic nitrogens is 2. The highest BCUT2D eigenvalue weighted by molar-refractivity contribution is 7.12. The third-order valence-electron chi connectivity index (χ3n) is 5.96. The summed E-state index contributed by atoms with van der Waals surface area (Å²) in [6, 6.07) is 21.3. The zero-order valence-electron chi connectivity index (χ0n) is 19.3. The Labute approximate surface area is 203 Å².